The summed E-state index contributed by atoms with van der Waals surface area (Å²) >= 11 is 0. The molecule has 0 bridgehead atoms. The van der Waals surface area contributed by atoms with Crippen molar-refractivity contribution in [1.82, 2.24) is 0 Å². The Hall–Kier alpha value is -0.530. The standard InChI is InChI=1S/C11H20O2/c1-8-7-11(4,9(12)13)6-5-10(8,2)3/h8H,5-7H2,1-4H3,(H,12,13). The summed E-state index contributed by atoms with van der Waals surface area (Å²) in [6.45, 7) is 8.51. The van der Waals surface area contributed by atoms with Crippen LogP contribution in [-0.2, 0) is 4.79 Å². The maximum atomic E-state index is 11.0. The number of aliphatic carboxylic acids is 1. The fourth-order valence-corrected chi connectivity index (χ4v) is 2.09. The summed E-state index contributed by atoms with van der Waals surface area (Å²) in [6.07, 6.45) is 2.66. The van der Waals surface area contributed by atoms with E-state index in [-0.39, 0.29) is 0 Å². The van der Waals surface area contributed by atoms with Crippen LogP contribution in [0.4, 0.5) is 0 Å². The molecule has 0 aromatic heterocycles. The van der Waals surface area contributed by atoms with Crippen LogP contribution in [0.2, 0.25) is 0 Å². The van der Waals surface area contributed by atoms with Crippen molar-refractivity contribution in [3.05, 3.63) is 0 Å². The van der Waals surface area contributed by atoms with E-state index in [9.17, 15) is 4.79 Å². The second-order valence-electron chi connectivity index (χ2n) is 5.46. The second kappa shape index (κ2) is 3.00. The number of hydrogen-bond acceptors (Lipinski definition) is 1. The Kier molecular flexibility index (Phi) is 2.44. The average Bonchev–Trinajstić information content (AvgIpc) is 1.98. The van der Waals surface area contributed by atoms with Crippen LogP contribution in [-0.4, -0.2) is 11.1 Å². The topological polar surface area (TPSA) is 37.3 Å². The molecule has 2 atom stereocenters. The molecule has 0 heterocycles. The molecule has 1 aliphatic rings. The minimum atomic E-state index is -0.630. The Morgan fingerprint density at radius 2 is 1.85 bits per heavy atom. The molecule has 0 amide bonds. The van der Waals surface area contributed by atoms with Crippen LogP contribution in [0.3, 0.4) is 0 Å². The molecule has 0 saturated heterocycles. The third kappa shape index (κ3) is 1.87. The lowest BCUT2D eigenvalue weighted by atomic mass is 9.60. The average molecular weight is 184 g/mol. The number of carboxylic acid groups (broad SMARTS) is 1. The van der Waals surface area contributed by atoms with E-state index < -0.39 is 11.4 Å². The summed E-state index contributed by atoms with van der Waals surface area (Å²) in [7, 11) is 0. The van der Waals surface area contributed by atoms with Crippen LogP contribution in [0.5, 0.6) is 0 Å². The SMILES string of the molecule is CC1CC(C)(C(=O)O)CCC1(C)C. The van der Waals surface area contributed by atoms with Gasteiger partial charge in [0, 0.05) is 0 Å². The van der Waals surface area contributed by atoms with Crippen molar-refractivity contribution in [3.8, 4) is 0 Å². The molecule has 2 heteroatoms. The van der Waals surface area contributed by atoms with Gasteiger partial charge in [0.15, 0.2) is 0 Å². The van der Waals surface area contributed by atoms with Crippen molar-refractivity contribution < 1.29 is 9.90 Å². The summed E-state index contributed by atoms with van der Waals surface area (Å²) in [5.41, 5.74) is -0.163. The van der Waals surface area contributed by atoms with Crippen molar-refractivity contribution >= 4 is 5.97 Å². The fraction of sp³-hybridized carbons (Fsp3) is 0.909. The minimum absolute atomic E-state index is 0.314. The van der Waals surface area contributed by atoms with E-state index in [1.165, 1.54) is 0 Å². The molecule has 2 nitrogen and oxygen atoms in total. The maximum absolute atomic E-state index is 11.0. The van der Waals surface area contributed by atoms with Crippen LogP contribution in [0.25, 0.3) is 0 Å². The Balaban J connectivity index is 2.76. The van der Waals surface area contributed by atoms with E-state index in [0.717, 1.165) is 19.3 Å². The quantitative estimate of drug-likeness (QED) is 0.680. The van der Waals surface area contributed by atoms with Crippen molar-refractivity contribution in [1.29, 1.82) is 0 Å². The summed E-state index contributed by atoms with van der Waals surface area (Å²) in [6, 6.07) is 0. The molecular formula is C11H20O2. The van der Waals surface area contributed by atoms with Crippen molar-refractivity contribution in [2.75, 3.05) is 0 Å². The number of carbonyl (C=O) groups is 1. The molecule has 1 saturated carbocycles. The van der Waals surface area contributed by atoms with Gasteiger partial charge in [-0.2, -0.15) is 0 Å². The first-order valence-electron chi connectivity index (χ1n) is 5.01. The molecule has 0 aromatic carbocycles. The maximum Gasteiger partial charge on any atom is 0.309 e. The third-order valence-electron chi connectivity index (χ3n) is 3.93. The van der Waals surface area contributed by atoms with Gasteiger partial charge in [-0.05, 0) is 37.5 Å². The van der Waals surface area contributed by atoms with E-state index in [4.69, 9.17) is 5.11 Å². The van der Waals surface area contributed by atoms with Crippen LogP contribution in [0.1, 0.15) is 47.0 Å². The Morgan fingerprint density at radius 3 is 2.23 bits per heavy atom. The van der Waals surface area contributed by atoms with E-state index in [2.05, 4.69) is 20.8 Å². The summed E-state index contributed by atoms with van der Waals surface area (Å²) in [4.78, 5) is 11.0. The lowest BCUT2D eigenvalue weighted by Gasteiger charge is -2.43. The smallest absolute Gasteiger partial charge is 0.309 e. The van der Waals surface area contributed by atoms with Gasteiger partial charge < -0.3 is 5.11 Å². The van der Waals surface area contributed by atoms with E-state index in [1.54, 1.807) is 0 Å². The first-order chi connectivity index (χ1) is 5.78. The van der Waals surface area contributed by atoms with Gasteiger partial charge in [0.25, 0.3) is 0 Å². The Morgan fingerprint density at radius 1 is 1.31 bits per heavy atom. The Bertz CT molecular complexity index is 220. The van der Waals surface area contributed by atoms with Crippen LogP contribution >= 0.6 is 0 Å². The molecule has 1 fully saturated rings. The van der Waals surface area contributed by atoms with Gasteiger partial charge in [-0.25, -0.2) is 0 Å². The van der Waals surface area contributed by atoms with Gasteiger partial charge in [-0.1, -0.05) is 20.8 Å². The van der Waals surface area contributed by atoms with Gasteiger partial charge >= 0.3 is 5.97 Å². The Labute approximate surface area is 80.3 Å². The molecule has 2 unspecified atom stereocenters. The molecule has 1 rings (SSSR count). The van der Waals surface area contributed by atoms with E-state index >= 15 is 0 Å². The van der Waals surface area contributed by atoms with E-state index in [1.807, 2.05) is 6.92 Å². The summed E-state index contributed by atoms with van der Waals surface area (Å²) in [5, 5.41) is 9.09. The highest BCUT2D eigenvalue weighted by Crippen LogP contribution is 2.48. The van der Waals surface area contributed by atoms with Gasteiger partial charge in [-0.3, -0.25) is 4.79 Å². The zero-order chi connectivity index (χ0) is 10.3. The van der Waals surface area contributed by atoms with Crippen LogP contribution in [0, 0.1) is 16.7 Å². The minimum Gasteiger partial charge on any atom is -0.481 e. The van der Waals surface area contributed by atoms with Gasteiger partial charge in [0.05, 0.1) is 5.41 Å². The van der Waals surface area contributed by atoms with Crippen molar-refractivity contribution in [2.24, 2.45) is 16.7 Å². The third-order valence-corrected chi connectivity index (χ3v) is 3.93. The molecule has 1 N–H and O–H groups in total. The highest BCUT2D eigenvalue weighted by Gasteiger charge is 2.44. The summed E-state index contributed by atoms with van der Waals surface area (Å²) < 4.78 is 0. The highest BCUT2D eigenvalue weighted by atomic mass is 16.4. The molecule has 13 heavy (non-hydrogen) atoms. The molecule has 0 spiro atoms. The van der Waals surface area contributed by atoms with Crippen molar-refractivity contribution in [3.63, 3.8) is 0 Å². The van der Waals surface area contributed by atoms with Crippen molar-refractivity contribution in [2.45, 2.75) is 47.0 Å². The molecule has 0 aliphatic heterocycles. The first kappa shape index (κ1) is 10.6. The second-order valence-corrected chi connectivity index (χ2v) is 5.46. The molecular weight excluding hydrogens is 164 g/mol. The fourth-order valence-electron chi connectivity index (χ4n) is 2.09. The van der Waals surface area contributed by atoms with Crippen LogP contribution < -0.4 is 0 Å². The molecule has 0 radical (unpaired) electrons. The highest BCUT2D eigenvalue weighted by molar-refractivity contribution is 5.74. The lowest BCUT2D eigenvalue weighted by molar-refractivity contribution is -0.152. The predicted octanol–water partition coefficient (Wildman–Crippen LogP) is 2.92. The molecule has 1 aliphatic carbocycles. The zero-order valence-corrected chi connectivity index (χ0v) is 9.05. The molecule has 0 aromatic rings. The lowest BCUT2D eigenvalue weighted by Crippen LogP contribution is -2.40. The molecule has 76 valence electrons. The van der Waals surface area contributed by atoms with Gasteiger partial charge in [-0.15, -0.1) is 0 Å². The van der Waals surface area contributed by atoms with E-state index in [0.29, 0.717) is 11.3 Å². The monoisotopic (exact) mass is 184 g/mol. The summed E-state index contributed by atoms with van der Waals surface area (Å²) in [5.74, 6) is -0.128. The zero-order valence-electron chi connectivity index (χ0n) is 9.05. The van der Waals surface area contributed by atoms with Gasteiger partial charge in [0.1, 0.15) is 0 Å². The number of carboxylic acids is 1. The first-order valence-corrected chi connectivity index (χ1v) is 5.01. The number of rotatable bonds is 1. The predicted molar refractivity (Wildman–Crippen MR) is 52.5 cm³/mol. The largest absolute Gasteiger partial charge is 0.481 e. The van der Waals surface area contributed by atoms with Gasteiger partial charge in [0.2, 0.25) is 0 Å². The number of hydrogen-bond donors (Lipinski definition) is 1. The normalized spacial score (nSPS) is 38.6. The van der Waals surface area contributed by atoms with Crippen LogP contribution in [0.15, 0.2) is 0 Å².